The summed E-state index contributed by atoms with van der Waals surface area (Å²) in [5.41, 5.74) is 3.43. The normalized spacial score (nSPS) is 15.8. The lowest BCUT2D eigenvalue weighted by Gasteiger charge is -2.32. The van der Waals surface area contributed by atoms with Gasteiger partial charge in [0.15, 0.2) is 0 Å². The van der Waals surface area contributed by atoms with E-state index in [0.717, 1.165) is 40.8 Å². The van der Waals surface area contributed by atoms with Crippen LogP contribution in [0, 0.1) is 6.92 Å². The van der Waals surface area contributed by atoms with Crippen molar-refractivity contribution >= 4 is 26.6 Å². The third kappa shape index (κ3) is 4.23. The summed E-state index contributed by atoms with van der Waals surface area (Å²) in [6.07, 6.45) is 1.81. The van der Waals surface area contributed by atoms with Crippen molar-refractivity contribution in [2.24, 2.45) is 0 Å². The first-order valence-electron chi connectivity index (χ1n) is 10.3. The number of para-hydroxylation sites is 1. The molecular formula is C23H28N4O3S. The van der Waals surface area contributed by atoms with E-state index >= 15 is 0 Å². The predicted molar refractivity (Wildman–Crippen MR) is 123 cm³/mol. The number of ether oxygens (including phenoxy) is 1. The Hall–Kier alpha value is -2.68. The van der Waals surface area contributed by atoms with Crippen molar-refractivity contribution in [2.45, 2.75) is 18.4 Å². The molecule has 0 bridgehead atoms. The Balaban J connectivity index is 1.65. The van der Waals surface area contributed by atoms with Gasteiger partial charge in [-0.15, -0.1) is 0 Å². The number of aromatic nitrogens is 1. The number of pyridine rings is 1. The molecule has 0 amide bonds. The van der Waals surface area contributed by atoms with Crippen LogP contribution in [0.4, 0.5) is 5.69 Å². The molecule has 0 radical (unpaired) electrons. The molecule has 1 aliphatic rings. The maximum atomic E-state index is 13.3. The molecule has 1 aromatic heterocycles. The van der Waals surface area contributed by atoms with Gasteiger partial charge in [0, 0.05) is 50.0 Å². The van der Waals surface area contributed by atoms with E-state index in [1.807, 2.05) is 44.3 Å². The first kappa shape index (κ1) is 21.5. The van der Waals surface area contributed by atoms with Crippen LogP contribution < -0.4 is 10.1 Å². The van der Waals surface area contributed by atoms with E-state index in [0.29, 0.717) is 30.3 Å². The molecule has 0 spiro atoms. The molecule has 1 saturated heterocycles. The van der Waals surface area contributed by atoms with Crippen LogP contribution in [0.15, 0.2) is 53.6 Å². The standard InChI is InChI=1S/C23H28N4O3S/c1-17-15-24-23-19(8-6-9-20(23)30-3)22(17)25-16-18-7-4-5-10-21(18)31(28,29)27-13-11-26(2)12-14-27/h4-10,15H,11-14,16H2,1-3H3,(H,24,25). The van der Waals surface area contributed by atoms with E-state index in [1.54, 1.807) is 29.7 Å². The number of hydrogen-bond acceptors (Lipinski definition) is 6. The lowest BCUT2D eigenvalue weighted by molar-refractivity contribution is 0.222. The van der Waals surface area contributed by atoms with Crippen molar-refractivity contribution < 1.29 is 13.2 Å². The van der Waals surface area contributed by atoms with Crippen LogP contribution in [0.2, 0.25) is 0 Å². The summed E-state index contributed by atoms with van der Waals surface area (Å²) < 4.78 is 33.7. The number of aryl methyl sites for hydroxylation is 1. The Kier molecular flexibility index (Phi) is 6.13. The van der Waals surface area contributed by atoms with E-state index in [-0.39, 0.29) is 0 Å². The van der Waals surface area contributed by atoms with E-state index < -0.39 is 10.0 Å². The van der Waals surface area contributed by atoms with Gasteiger partial charge < -0.3 is 15.0 Å². The number of likely N-dealkylation sites (N-methyl/N-ethyl adjacent to an activating group) is 1. The van der Waals surface area contributed by atoms with Crippen LogP contribution in [0.3, 0.4) is 0 Å². The summed E-state index contributed by atoms with van der Waals surface area (Å²) in [7, 11) is 0.0905. The molecule has 4 rings (SSSR count). The van der Waals surface area contributed by atoms with Gasteiger partial charge in [-0.1, -0.05) is 30.3 Å². The number of nitrogens with zero attached hydrogens (tertiary/aromatic N) is 3. The minimum absolute atomic E-state index is 0.362. The Morgan fingerprint density at radius 1 is 1.06 bits per heavy atom. The number of methoxy groups -OCH3 is 1. The zero-order valence-corrected chi connectivity index (χ0v) is 18.9. The van der Waals surface area contributed by atoms with Gasteiger partial charge >= 0.3 is 0 Å². The second kappa shape index (κ2) is 8.82. The highest BCUT2D eigenvalue weighted by atomic mass is 32.2. The van der Waals surface area contributed by atoms with Crippen LogP contribution in [0.25, 0.3) is 10.9 Å². The maximum absolute atomic E-state index is 13.3. The third-order valence-electron chi connectivity index (χ3n) is 5.78. The van der Waals surface area contributed by atoms with Gasteiger partial charge in [0.05, 0.1) is 12.0 Å². The van der Waals surface area contributed by atoms with Gasteiger partial charge in [-0.25, -0.2) is 8.42 Å². The van der Waals surface area contributed by atoms with Crippen LogP contribution in [0.1, 0.15) is 11.1 Å². The summed E-state index contributed by atoms with van der Waals surface area (Å²) in [5, 5.41) is 4.40. The summed E-state index contributed by atoms with van der Waals surface area (Å²) in [5.74, 6) is 0.707. The number of anilines is 1. The lowest BCUT2D eigenvalue weighted by Crippen LogP contribution is -2.47. The quantitative estimate of drug-likeness (QED) is 0.635. The summed E-state index contributed by atoms with van der Waals surface area (Å²) in [6.45, 7) is 4.87. The van der Waals surface area contributed by atoms with E-state index in [2.05, 4.69) is 15.2 Å². The molecule has 7 nitrogen and oxygen atoms in total. The SMILES string of the molecule is COc1cccc2c(NCc3ccccc3S(=O)(=O)N3CCN(C)CC3)c(C)cnc12. The van der Waals surface area contributed by atoms with Crippen molar-refractivity contribution in [2.75, 3.05) is 45.7 Å². The second-order valence-electron chi connectivity index (χ2n) is 7.84. The van der Waals surface area contributed by atoms with Crippen molar-refractivity contribution in [3.63, 3.8) is 0 Å². The van der Waals surface area contributed by atoms with Crippen molar-refractivity contribution in [1.82, 2.24) is 14.2 Å². The highest BCUT2D eigenvalue weighted by molar-refractivity contribution is 7.89. The van der Waals surface area contributed by atoms with E-state index in [9.17, 15) is 8.42 Å². The number of piperazine rings is 1. The Labute approximate surface area is 183 Å². The molecule has 164 valence electrons. The minimum atomic E-state index is -3.55. The smallest absolute Gasteiger partial charge is 0.243 e. The van der Waals surface area contributed by atoms with Gasteiger partial charge in [0.2, 0.25) is 10.0 Å². The molecule has 31 heavy (non-hydrogen) atoms. The van der Waals surface area contributed by atoms with Gasteiger partial charge in [-0.05, 0) is 37.2 Å². The zero-order chi connectivity index (χ0) is 22.0. The van der Waals surface area contributed by atoms with Crippen LogP contribution in [-0.2, 0) is 16.6 Å². The highest BCUT2D eigenvalue weighted by Crippen LogP contribution is 2.32. The molecule has 1 N–H and O–H groups in total. The molecular weight excluding hydrogens is 412 g/mol. The number of nitrogens with one attached hydrogen (secondary N) is 1. The Bertz CT molecular complexity index is 1190. The average Bonchev–Trinajstić information content (AvgIpc) is 2.78. The molecule has 0 unspecified atom stereocenters. The lowest BCUT2D eigenvalue weighted by atomic mass is 10.1. The molecule has 1 fully saturated rings. The number of benzene rings is 2. The molecule has 0 saturated carbocycles. The third-order valence-corrected chi connectivity index (χ3v) is 7.78. The molecule has 2 heterocycles. The monoisotopic (exact) mass is 440 g/mol. The molecule has 0 atom stereocenters. The highest BCUT2D eigenvalue weighted by Gasteiger charge is 2.29. The molecule has 1 aliphatic heterocycles. The van der Waals surface area contributed by atoms with Crippen LogP contribution in [-0.4, -0.2) is 62.9 Å². The fraction of sp³-hybridized carbons (Fsp3) is 0.348. The molecule has 2 aromatic carbocycles. The van der Waals surface area contributed by atoms with Gasteiger partial charge in [0.25, 0.3) is 0 Å². The first-order chi connectivity index (χ1) is 14.9. The predicted octanol–water partition coefficient (Wildman–Crippen LogP) is 3.10. The zero-order valence-electron chi connectivity index (χ0n) is 18.1. The molecule has 3 aromatic rings. The number of rotatable bonds is 6. The molecule has 0 aliphatic carbocycles. The van der Waals surface area contributed by atoms with Gasteiger partial charge in [0.1, 0.15) is 11.3 Å². The Morgan fingerprint density at radius 2 is 1.81 bits per heavy atom. The summed E-state index contributed by atoms with van der Waals surface area (Å²) in [6, 6.07) is 13.0. The summed E-state index contributed by atoms with van der Waals surface area (Å²) >= 11 is 0. The second-order valence-corrected chi connectivity index (χ2v) is 9.75. The summed E-state index contributed by atoms with van der Waals surface area (Å²) in [4.78, 5) is 7.03. The van der Waals surface area contributed by atoms with Crippen LogP contribution in [0.5, 0.6) is 5.75 Å². The van der Waals surface area contributed by atoms with Crippen molar-refractivity contribution in [1.29, 1.82) is 0 Å². The maximum Gasteiger partial charge on any atom is 0.243 e. The average molecular weight is 441 g/mol. The first-order valence-corrected chi connectivity index (χ1v) is 11.8. The minimum Gasteiger partial charge on any atom is -0.494 e. The van der Waals surface area contributed by atoms with Gasteiger partial charge in [-0.2, -0.15) is 4.31 Å². The van der Waals surface area contributed by atoms with E-state index in [1.165, 1.54) is 0 Å². The fourth-order valence-electron chi connectivity index (χ4n) is 3.95. The fourth-order valence-corrected chi connectivity index (χ4v) is 5.59. The largest absolute Gasteiger partial charge is 0.494 e. The number of fused-ring (bicyclic) bond motifs is 1. The Morgan fingerprint density at radius 3 is 2.55 bits per heavy atom. The van der Waals surface area contributed by atoms with Gasteiger partial charge in [-0.3, -0.25) is 4.98 Å². The number of sulfonamides is 1. The van der Waals surface area contributed by atoms with Crippen molar-refractivity contribution in [3.8, 4) is 5.75 Å². The topological polar surface area (TPSA) is 74.8 Å². The van der Waals surface area contributed by atoms with Crippen molar-refractivity contribution in [3.05, 3.63) is 59.8 Å². The van der Waals surface area contributed by atoms with E-state index in [4.69, 9.17) is 4.74 Å². The number of hydrogen-bond donors (Lipinski definition) is 1. The molecule has 8 heteroatoms. The van der Waals surface area contributed by atoms with Crippen LogP contribution >= 0.6 is 0 Å².